The third-order valence-corrected chi connectivity index (χ3v) is 2.72. The first-order chi connectivity index (χ1) is 8.08. The molecule has 0 saturated heterocycles. The molecular formula is C11H16N6. The highest BCUT2D eigenvalue weighted by Crippen LogP contribution is 2.12. The largest absolute Gasteiger partial charge is 0.384 e. The van der Waals surface area contributed by atoms with Crippen molar-refractivity contribution in [2.75, 3.05) is 11.1 Å². The van der Waals surface area contributed by atoms with Crippen LogP contribution in [0, 0.1) is 13.8 Å². The van der Waals surface area contributed by atoms with Gasteiger partial charge in [-0.05, 0) is 13.8 Å². The number of nitrogens with two attached hydrogens (primary N) is 1. The monoisotopic (exact) mass is 232 g/mol. The molecule has 17 heavy (non-hydrogen) atoms. The molecular weight excluding hydrogens is 216 g/mol. The van der Waals surface area contributed by atoms with Crippen LogP contribution in [-0.2, 0) is 13.6 Å². The Morgan fingerprint density at radius 1 is 1.29 bits per heavy atom. The zero-order valence-corrected chi connectivity index (χ0v) is 10.2. The predicted octanol–water partition coefficient (Wildman–Crippen LogP) is 1.02. The standard InChI is InChI=1S/C11H16N6/c1-7-8(2)16-10(6-13-7)14-4-9-5-15-17(3)11(9)12/h5-6H,4,12H2,1-3H3,(H,14,16). The molecule has 6 nitrogen and oxygen atoms in total. The molecule has 0 saturated carbocycles. The van der Waals surface area contributed by atoms with Crippen LogP contribution in [0.2, 0.25) is 0 Å². The molecule has 0 fully saturated rings. The first kappa shape index (κ1) is 11.4. The van der Waals surface area contributed by atoms with Crippen molar-refractivity contribution in [1.29, 1.82) is 0 Å². The van der Waals surface area contributed by atoms with Gasteiger partial charge in [-0.3, -0.25) is 9.67 Å². The van der Waals surface area contributed by atoms with Crippen molar-refractivity contribution in [1.82, 2.24) is 19.7 Å². The highest BCUT2D eigenvalue weighted by atomic mass is 15.3. The van der Waals surface area contributed by atoms with E-state index in [2.05, 4.69) is 20.4 Å². The summed E-state index contributed by atoms with van der Waals surface area (Å²) in [4.78, 5) is 8.62. The Kier molecular flexibility index (Phi) is 2.95. The number of nitrogens with zero attached hydrogens (tertiary/aromatic N) is 4. The first-order valence-corrected chi connectivity index (χ1v) is 5.38. The fraction of sp³-hybridized carbons (Fsp3) is 0.364. The van der Waals surface area contributed by atoms with Gasteiger partial charge in [-0.25, -0.2) is 4.98 Å². The molecule has 0 unspecified atom stereocenters. The third kappa shape index (κ3) is 2.35. The quantitative estimate of drug-likeness (QED) is 0.825. The van der Waals surface area contributed by atoms with Crippen molar-refractivity contribution in [3.8, 4) is 0 Å². The minimum atomic E-state index is 0.594. The van der Waals surface area contributed by atoms with Crippen LogP contribution in [0.3, 0.4) is 0 Å². The minimum absolute atomic E-state index is 0.594. The Bertz CT molecular complexity index is 531. The Morgan fingerprint density at radius 3 is 2.65 bits per heavy atom. The van der Waals surface area contributed by atoms with E-state index in [1.807, 2.05) is 20.9 Å². The molecule has 0 bridgehead atoms. The van der Waals surface area contributed by atoms with Gasteiger partial charge in [0.15, 0.2) is 0 Å². The molecule has 0 aliphatic heterocycles. The fourth-order valence-electron chi connectivity index (χ4n) is 1.44. The summed E-state index contributed by atoms with van der Waals surface area (Å²) in [6.07, 6.45) is 3.46. The number of nitrogen functional groups attached to an aromatic ring is 1. The molecule has 6 heteroatoms. The van der Waals surface area contributed by atoms with Crippen molar-refractivity contribution >= 4 is 11.6 Å². The molecule has 0 aliphatic carbocycles. The van der Waals surface area contributed by atoms with Gasteiger partial charge in [0.25, 0.3) is 0 Å². The molecule has 2 aromatic rings. The molecule has 3 N–H and O–H groups in total. The lowest BCUT2D eigenvalue weighted by Crippen LogP contribution is -2.06. The topological polar surface area (TPSA) is 81.7 Å². The summed E-state index contributed by atoms with van der Waals surface area (Å²) in [5.74, 6) is 1.41. The summed E-state index contributed by atoms with van der Waals surface area (Å²) in [6.45, 7) is 4.47. The van der Waals surface area contributed by atoms with E-state index in [9.17, 15) is 0 Å². The van der Waals surface area contributed by atoms with E-state index in [1.54, 1.807) is 17.1 Å². The minimum Gasteiger partial charge on any atom is -0.384 e. The van der Waals surface area contributed by atoms with Crippen molar-refractivity contribution in [2.24, 2.45) is 7.05 Å². The Labute approximate surface area is 99.9 Å². The second-order valence-corrected chi connectivity index (χ2v) is 3.96. The number of aryl methyl sites for hydroxylation is 3. The summed E-state index contributed by atoms with van der Waals surface area (Å²) in [6, 6.07) is 0. The first-order valence-electron chi connectivity index (χ1n) is 5.38. The second-order valence-electron chi connectivity index (χ2n) is 3.96. The van der Waals surface area contributed by atoms with E-state index in [4.69, 9.17) is 5.73 Å². The maximum absolute atomic E-state index is 5.85. The predicted molar refractivity (Wildman–Crippen MR) is 66.5 cm³/mol. The van der Waals surface area contributed by atoms with Gasteiger partial charge < -0.3 is 11.1 Å². The molecule has 0 radical (unpaired) electrons. The second kappa shape index (κ2) is 4.40. The summed E-state index contributed by atoms with van der Waals surface area (Å²) in [7, 11) is 1.81. The van der Waals surface area contributed by atoms with Crippen LogP contribution >= 0.6 is 0 Å². The van der Waals surface area contributed by atoms with Gasteiger partial charge in [-0.2, -0.15) is 5.10 Å². The number of hydrogen-bond donors (Lipinski definition) is 2. The number of rotatable bonds is 3. The summed E-state index contributed by atoms with van der Waals surface area (Å²) >= 11 is 0. The average Bonchev–Trinajstić information content (AvgIpc) is 2.62. The molecule has 0 spiro atoms. The van der Waals surface area contributed by atoms with Crippen molar-refractivity contribution < 1.29 is 0 Å². The van der Waals surface area contributed by atoms with Crippen molar-refractivity contribution in [2.45, 2.75) is 20.4 Å². The zero-order valence-electron chi connectivity index (χ0n) is 10.2. The van der Waals surface area contributed by atoms with Crippen LogP contribution in [0.1, 0.15) is 17.0 Å². The highest BCUT2D eigenvalue weighted by Gasteiger charge is 2.05. The lowest BCUT2D eigenvalue weighted by Gasteiger charge is -2.06. The number of nitrogens with one attached hydrogen (secondary N) is 1. The van der Waals surface area contributed by atoms with Crippen LogP contribution in [-0.4, -0.2) is 19.7 Å². The van der Waals surface area contributed by atoms with E-state index < -0.39 is 0 Å². The SMILES string of the molecule is Cc1ncc(NCc2cnn(C)c2N)nc1C. The van der Waals surface area contributed by atoms with Gasteiger partial charge >= 0.3 is 0 Å². The van der Waals surface area contributed by atoms with E-state index in [0.717, 1.165) is 22.8 Å². The molecule has 0 aromatic carbocycles. The van der Waals surface area contributed by atoms with Gasteiger partial charge in [0.2, 0.25) is 0 Å². The molecule has 0 aliphatic rings. The van der Waals surface area contributed by atoms with Crippen LogP contribution in [0.4, 0.5) is 11.6 Å². The van der Waals surface area contributed by atoms with Crippen LogP contribution in [0.25, 0.3) is 0 Å². The normalized spacial score (nSPS) is 10.5. The number of aromatic nitrogens is 4. The average molecular weight is 232 g/mol. The highest BCUT2D eigenvalue weighted by molar-refractivity contribution is 5.42. The third-order valence-electron chi connectivity index (χ3n) is 2.72. The van der Waals surface area contributed by atoms with Crippen molar-refractivity contribution in [3.63, 3.8) is 0 Å². The van der Waals surface area contributed by atoms with Crippen LogP contribution in [0.5, 0.6) is 0 Å². The summed E-state index contributed by atoms with van der Waals surface area (Å²) in [5.41, 5.74) is 8.66. The lowest BCUT2D eigenvalue weighted by atomic mass is 10.3. The van der Waals surface area contributed by atoms with Gasteiger partial charge in [0.1, 0.15) is 11.6 Å². The van der Waals surface area contributed by atoms with Crippen molar-refractivity contribution in [3.05, 3.63) is 29.3 Å². The number of hydrogen-bond acceptors (Lipinski definition) is 5. The molecule has 0 atom stereocenters. The molecule has 2 heterocycles. The zero-order chi connectivity index (χ0) is 12.4. The van der Waals surface area contributed by atoms with E-state index in [1.165, 1.54) is 0 Å². The van der Waals surface area contributed by atoms with E-state index in [0.29, 0.717) is 12.4 Å². The van der Waals surface area contributed by atoms with Gasteiger partial charge in [-0.1, -0.05) is 0 Å². The Morgan fingerprint density at radius 2 is 2.06 bits per heavy atom. The summed E-state index contributed by atoms with van der Waals surface area (Å²) in [5, 5.41) is 7.25. The Balaban J connectivity index is 2.07. The van der Waals surface area contributed by atoms with Gasteiger partial charge in [0.05, 0.1) is 23.8 Å². The lowest BCUT2D eigenvalue weighted by molar-refractivity contribution is 0.778. The van der Waals surface area contributed by atoms with Gasteiger partial charge in [0, 0.05) is 19.2 Å². The van der Waals surface area contributed by atoms with Crippen LogP contribution < -0.4 is 11.1 Å². The Hall–Kier alpha value is -2.11. The van der Waals surface area contributed by atoms with E-state index >= 15 is 0 Å². The molecule has 2 aromatic heterocycles. The smallest absolute Gasteiger partial charge is 0.145 e. The molecule has 0 amide bonds. The van der Waals surface area contributed by atoms with Gasteiger partial charge in [-0.15, -0.1) is 0 Å². The van der Waals surface area contributed by atoms with Crippen LogP contribution in [0.15, 0.2) is 12.4 Å². The molecule has 2 rings (SSSR count). The molecule has 90 valence electrons. The maximum atomic E-state index is 5.85. The maximum Gasteiger partial charge on any atom is 0.145 e. The number of anilines is 2. The summed E-state index contributed by atoms with van der Waals surface area (Å²) < 4.78 is 1.64. The van der Waals surface area contributed by atoms with E-state index in [-0.39, 0.29) is 0 Å². The fourth-order valence-corrected chi connectivity index (χ4v) is 1.44.